The Morgan fingerprint density at radius 2 is 2.00 bits per heavy atom. The maximum Gasteiger partial charge on any atom is 0.431 e. The van der Waals surface area contributed by atoms with Crippen molar-refractivity contribution in [3.05, 3.63) is 11.3 Å². The lowest BCUT2D eigenvalue weighted by molar-refractivity contribution is -0.139. The van der Waals surface area contributed by atoms with Crippen molar-refractivity contribution < 1.29 is 22.7 Å². The summed E-state index contributed by atoms with van der Waals surface area (Å²) in [6, 6.07) is -0.518. The molecule has 0 aliphatic heterocycles. The number of hydrogen-bond donors (Lipinski definition) is 2. The molecule has 0 spiro atoms. The van der Waals surface area contributed by atoms with Crippen molar-refractivity contribution in [3.8, 4) is 0 Å². The third-order valence-electron chi connectivity index (χ3n) is 1.63. The van der Waals surface area contributed by atoms with E-state index in [2.05, 4.69) is 10.1 Å². The van der Waals surface area contributed by atoms with Gasteiger partial charge in [-0.1, -0.05) is 0 Å². The summed E-state index contributed by atoms with van der Waals surface area (Å²) < 4.78 is 42.5. The molecule has 2 N–H and O–H groups in total. The predicted molar refractivity (Wildman–Crippen MR) is 56.8 cm³/mol. The van der Waals surface area contributed by atoms with E-state index in [4.69, 9.17) is 5.41 Å². The Labute approximate surface area is 97.3 Å². The van der Waals surface area contributed by atoms with Gasteiger partial charge in [0.15, 0.2) is 0 Å². The fraction of sp³-hybridized carbons (Fsp3) is 0.600. The second-order valence-electron chi connectivity index (χ2n) is 3.45. The highest BCUT2D eigenvalue weighted by atomic mass is 19.4. The van der Waals surface area contributed by atoms with E-state index in [-0.39, 0.29) is 6.61 Å². The molecule has 0 radical (unpaired) electrons. The van der Waals surface area contributed by atoms with Gasteiger partial charge in [0.1, 0.15) is 11.3 Å². The molecule has 0 aromatic carbocycles. The first-order chi connectivity index (χ1) is 7.73. The zero-order valence-corrected chi connectivity index (χ0v) is 9.81. The van der Waals surface area contributed by atoms with Crippen molar-refractivity contribution in [2.75, 3.05) is 6.61 Å². The van der Waals surface area contributed by atoms with Crippen LogP contribution in [-0.4, -0.2) is 31.0 Å². The molecule has 4 nitrogen and oxygen atoms in total. The van der Waals surface area contributed by atoms with Crippen LogP contribution in [0.25, 0.3) is 0 Å². The molecule has 0 rings (SSSR count). The monoisotopic (exact) mass is 252 g/mol. The first-order valence-electron chi connectivity index (χ1n) is 4.99. The number of alkyl halides is 3. The minimum atomic E-state index is -4.73. The number of nitrogens with one attached hydrogen (secondary N) is 2. The van der Waals surface area contributed by atoms with Gasteiger partial charge >= 0.3 is 12.1 Å². The van der Waals surface area contributed by atoms with Gasteiger partial charge in [-0.3, -0.25) is 0 Å². The molecule has 0 fully saturated rings. The third-order valence-corrected chi connectivity index (χ3v) is 1.63. The van der Waals surface area contributed by atoms with Gasteiger partial charge in [0.2, 0.25) is 0 Å². The highest BCUT2D eigenvalue weighted by Gasteiger charge is 2.38. The van der Waals surface area contributed by atoms with Gasteiger partial charge in [-0.2, -0.15) is 13.2 Å². The summed E-state index contributed by atoms with van der Waals surface area (Å²) in [5.41, 5.74) is -2.08. The van der Waals surface area contributed by atoms with E-state index in [9.17, 15) is 18.0 Å². The Morgan fingerprint density at radius 1 is 1.47 bits per heavy atom. The van der Waals surface area contributed by atoms with Crippen molar-refractivity contribution in [1.82, 2.24) is 5.32 Å². The molecule has 0 atom stereocenters. The van der Waals surface area contributed by atoms with E-state index in [0.29, 0.717) is 6.21 Å². The lowest BCUT2D eigenvalue weighted by Crippen LogP contribution is -2.34. The lowest BCUT2D eigenvalue weighted by Gasteiger charge is -2.19. The second-order valence-corrected chi connectivity index (χ2v) is 3.45. The van der Waals surface area contributed by atoms with Crippen LogP contribution in [0.3, 0.4) is 0 Å². The molecule has 0 amide bonds. The number of rotatable bonds is 5. The van der Waals surface area contributed by atoms with Crippen molar-refractivity contribution in [2.24, 2.45) is 0 Å². The van der Waals surface area contributed by atoms with Crippen LogP contribution in [0.15, 0.2) is 11.3 Å². The average molecular weight is 252 g/mol. The average Bonchev–Trinajstić information content (AvgIpc) is 2.15. The number of halogens is 3. The number of allylic oxidation sites excluding steroid dienone is 1. The fourth-order valence-corrected chi connectivity index (χ4v) is 1.04. The maximum absolute atomic E-state index is 12.7. The van der Waals surface area contributed by atoms with E-state index >= 15 is 0 Å². The Balaban J connectivity index is 5.44. The number of hydrogen-bond acceptors (Lipinski definition) is 4. The molecule has 7 heteroatoms. The van der Waals surface area contributed by atoms with Crippen LogP contribution in [0.1, 0.15) is 20.8 Å². The molecule has 0 aliphatic rings. The van der Waals surface area contributed by atoms with Crippen molar-refractivity contribution >= 4 is 12.2 Å². The standard InChI is InChI=1S/C10H15F3N2O2/c1-4-17-9(16)7(5-14)8(10(11,12)13)15-6(2)3/h5-6,14-15H,4H2,1-3H3/b8-7+,14-5?. The quantitative estimate of drug-likeness (QED) is 0.447. The first kappa shape index (κ1) is 15.5. The fourth-order valence-electron chi connectivity index (χ4n) is 1.04. The Morgan fingerprint density at radius 3 is 2.29 bits per heavy atom. The molecule has 0 aliphatic carbocycles. The topological polar surface area (TPSA) is 62.2 Å². The Kier molecular flexibility index (Phi) is 5.70. The summed E-state index contributed by atoms with van der Waals surface area (Å²) in [7, 11) is 0. The molecule has 0 heterocycles. The highest BCUT2D eigenvalue weighted by molar-refractivity contribution is 6.09. The van der Waals surface area contributed by atoms with Crippen molar-refractivity contribution in [2.45, 2.75) is 33.0 Å². The summed E-state index contributed by atoms with van der Waals surface area (Å²) >= 11 is 0. The smallest absolute Gasteiger partial charge is 0.431 e. The largest absolute Gasteiger partial charge is 0.462 e. The second kappa shape index (κ2) is 6.27. The zero-order valence-electron chi connectivity index (χ0n) is 9.81. The summed E-state index contributed by atoms with van der Waals surface area (Å²) in [4.78, 5) is 11.3. The molecule has 0 aromatic heterocycles. The van der Waals surface area contributed by atoms with E-state index in [1.54, 1.807) is 0 Å². The molecule has 17 heavy (non-hydrogen) atoms. The minimum Gasteiger partial charge on any atom is -0.462 e. The first-order valence-corrected chi connectivity index (χ1v) is 4.99. The lowest BCUT2D eigenvalue weighted by atomic mass is 10.2. The molecular formula is C10H15F3N2O2. The predicted octanol–water partition coefficient (Wildman–Crippen LogP) is 2.01. The van der Waals surface area contributed by atoms with Crippen LogP contribution < -0.4 is 5.32 Å². The number of esters is 1. The summed E-state index contributed by atoms with van der Waals surface area (Å²) in [5, 5.41) is 9.01. The zero-order chi connectivity index (χ0) is 13.6. The van der Waals surface area contributed by atoms with E-state index in [1.165, 1.54) is 20.8 Å². The van der Waals surface area contributed by atoms with Gasteiger partial charge in [0, 0.05) is 12.3 Å². The summed E-state index contributed by atoms with van der Waals surface area (Å²) in [5.74, 6) is -1.16. The van der Waals surface area contributed by atoms with Crippen LogP contribution in [0, 0.1) is 5.41 Å². The normalized spacial score (nSPS) is 13.1. The molecule has 0 aromatic rings. The van der Waals surface area contributed by atoms with Crippen LogP contribution in [-0.2, 0) is 9.53 Å². The molecule has 0 bridgehead atoms. The van der Waals surface area contributed by atoms with Gasteiger partial charge in [-0.25, -0.2) is 4.79 Å². The molecule has 0 saturated carbocycles. The minimum absolute atomic E-state index is 0.0526. The van der Waals surface area contributed by atoms with Gasteiger partial charge in [0.05, 0.1) is 6.61 Å². The number of ether oxygens (including phenoxy) is 1. The maximum atomic E-state index is 12.7. The number of carbonyl (C=O) groups is 1. The van der Waals surface area contributed by atoms with Crippen molar-refractivity contribution in [1.29, 1.82) is 5.41 Å². The molecular weight excluding hydrogens is 237 g/mol. The molecule has 0 saturated heterocycles. The van der Waals surface area contributed by atoms with Gasteiger partial charge in [0.25, 0.3) is 0 Å². The van der Waals surface area contributed by atoms with Crippen LogP contribution in [0.2, 0.25) is 0 Å². The van der Waals surface area contributed by atoms with E-state index in [1.807, 2.05) is 0 Å². The van der Waals surface area contributed by atoms with Gasteiger partial charge in [-0.05, 0) is 20.8 Å². The summed E-state index contributed by atoms with van der Waals surface area (Å²) in [6.45, 7) is 4.42. The van der Waals surface area contributed by atoms with E-state index in [0.717, 1.165) is 0 Å². The third kappa shape index (κ3) is 4.88. The number of carbonyl (C=O) groups excluding carboxylic acids is 1. The van der Waals surface area contributed by atoms with Gasteiger partial charge in [-0.15, -0.1) is 0 Å². The SMILES string of the molecule is CCOC(=O)/C(C=N)=C(/NC(C)C)C(F)(F)F. The van der Waals surface area contributed by atoms with Gasteiger partial charge < -0.3 is 15.5 Å². The van der Waals surface area contributed by atoms with Crippen LogP contribution in [0.4, 0.5) is 13.2 Å². The van der Waals surface area contributed by atoms with Crippen LogP contribution >= 0.6 is 0 Å². The van der Waals surface area contributed by atoms with Crippen molar-refractivity contribution in [3.63, 3.8) is 0 Å². The Bertz CT molecular complexity index is 322. The summed E-state index contributed by atoms with van der Waals surface area (Å²) in [6.07, 6.45) is -4.39. The molecule has 0 unspecified atom stereocenters. The van der Waals surface area contributed by atoms with E-state index < -0.39 is 29.5 Å². The Hall–Kier alpha value is -1.53. The molecule has 98 valence electrons. The van der Waals surface area contributed by atoms with Crippen LogP contribution in [0.5, 0.6) is 0 Å². The highest BCUT2D eigenvalue weighted by Crippen LogP contribution is 2.26.